The smallest absolute Gasteiger partial charge is 0.145 e. The highest BCUT2D eigenvalue weighted by molar-refractivity contribution is 8.01. The number of hydrogen-bond donors (Lipinski definition) is 0. The fraction of sp³-hybridized carbons (Fsp3) is 0.800. The normalized spacial score (nSPS) is 12.5. The van der Waals surface area contributed by atoms with Crippen LogP contribution in [0, 0.1) is 0 Å². The van der Waals surface area contributed by atoms with Crippen molar-refractivity contribution < 1.29 is 9.59 Å². The summed E-state index contributed by atoms with van der Waals surface area (Å²) >= 11 is 1.48. The molecular formula is C10H18O2S. The van der Waals surface area contributed by atoms with Crippen LogP contribution < -0.4 is 0 Å². The van der Waals surface area contributed by atoms with Gasteiger partial charge in [-0.15, -0.1) is 11.8 Å². The Kier molecular flexibility index (Phi) is 6.96. The van der Waals surface area contributed by atoms with Crippen molar-refractivity contribution in [2.45, 2.75) is 45.3 Å². The summed E-state index contributed by atoms with van der Waals surface area (Å²) in [7, 11) is 0. The summed E-state index contributed by atoms with van der Waals surface area (Å²) in [6.45, 7) is 5.55. The SMILES string of the molecule is CCCC(=O)C(CC)SCC(C)=O. The first-order chi connectivity index (χ1) is 6.11. The first kappa shape index (κ1) is 12.7. The van der Waals surface area contributed by atoms with Gasteiger partial charge in [0.1, 0.15) is 11.6 Å². The van der Waals surface area contributed by atoms with Crippen molar-refractivity contribution in [2.75, 3.05) is 5.75 Å². The summed E-state index contributed by atoms with van der Waals surface area (Å²) in [4.78, 5) is 22.2. The molecule has 0 aliphatic heterocycles. The fourth-order valence-corrected chi connectivity index (χ4v) is 2.04. The fourth-order valence-electron chi connectivity index (χ4n) is 1.06. The molecule has 0 radical (unpaired) electrons. The predicted molar refractivity (Wildman–Crippen MR) is 57.1 cm³/mol. The molecule has 3 heteroatoms. The highest BCUT2D eigenvalue weighted by Gasteiger charge is 2.15. The number of carbonyl (C=O) groups is 2. The van der Waals surface area contributed by atoms with Crippen molar-refractivity contribution in [1.29, 1.82) is 0 Å². The van der Waals surface area contributed by atoms with Gasteiger partial charge >= 0.3 is 0 Å². The van der Waals surface area contributed by atoms with E-state index in [4.69, 9.17) is 0 Å². The van der Waals surface area contributed by atoms with Gasteiger partial charge in [-0.05, 0) is 19.8 Å². The Morgan fingerprint density at radius 1 is 1.31 bits per heavy atom. The molecule has 0 N–H and O–H groups in total. The van der Waals surface area contributed by atoms with Crippen LogP contribution in [0.3, 0.4) is 0 Å². The van der Waals surface area contributed by atoms with E-state index in [2.05, 4.69) is 0 Å². The Labute approximate surface area is 84.5 Å². The van der Waals surface area contributed by atoms with Crippen molar-refractivity contribution in [2.24, 2.45) is 0 Å². The van der Waals surface area contributed by atoms with Gasteiger partial charge < -0.3 is 0 Å². The molecule has 0 rings (SSSR count). The highest BCUT2D eigenvalue weighted by atomic mass is 32.2. The van der Waals surface area contributed by atoms with Gasteiger partial charge in [-0.25, -0.2) is 0 Å². The summed E-state index contributed by atoms with van der Waals surface area (Å²) in [5, 5.41) is 0.0313. The van der Waals surface area contributed by atoms with E-state index in [9.17, 15) is 9.59 Å². The second-order valence-electron chi connectivity index (χ2n) is 3.13. The lowest BCUT2D eigenvalue weighted by atomic mass is 10.1. The third-order valence-corrected chi connectivity index (χ3v) is 3.29. The van der Waals surface area contributed by atoms with Crippen LogP contribution in [0.4, 0.5) is 0 Å². The number of thioether (sulfide) groups is 1. The summed E-state index contributed by atoms with van der Waals surface area (Å²) in [6, 6.07) is 0. The van der Waals surface area contributed by atoms with Gasteiger partial charge in [0, 0.05) is 6.42 Å². The molecule has 0 spiro atoms. The zero-order valence-corrected chi connectivity index (χ0v) is 9.45. The molecule has 76 valence electrons. The molecule has 13 heavy (non-hydrogen) atoms. The summed E-state index contributed by atoms with van der Waals surface area (Å²) in [5.41, 5.74) is 0. The van der Waals surface area contributed by atoms with Crippen LogP contribution in [-0.2, 0) is 9.59 Å². The molecule has 1 atom stereocenters. The van der Waals surface area contributed by atoms with Crippen molar-refractivity contribution in [3.8, 4) is 0 Å². The lowest BCUT2D eigenvalue weighted by Gasteiger charge is -2.11. The van der Waals surface area contributed by atoms with E-state index >= 15 is 0 Å². The molecule has 0 aromatic carbocycles. The Morgan fingerprint density at radius 3 is 2.31 bits per heavy atom. The Morgan fingerprint density at radius 2 is 1.92 bits per heavy atom. The van der Waals surface area contributed by atoms with Crippen molar-refractivity contribution >= 4 is 23.3 Å². The van der Waals surface area contributed by atoms with Crippen LogP contribution in [0.5, 0.6) is 0 Å². The van der Waals surface area contributed by atoms with E-state index in [1.807, 2.05) is 13.8 Å². The molecule has 0 aliphatic carbocycles. The summed E-state index contributed by atoms with van der Waals surface area (Å²) < 4.78 is 0. The minimum atomic E-state index is 0.0313. The molecule has 0 fully saturated rings. The van der Waals surface area contributed by atoms with Crippen LogP contribution in [0.15, 0.2) is 0 Å². The zero-order valence-electron chi connectivity index (χ0n) is 8.63. The monoisotopic (exact) mass is 202 g/mol. The van der Waals surface area contributed by atoms with Gasteiger partial charge in [0.05, 0.1) is 11.0 Å². The standard InChI is InChI=1S/C10H18O2S/c1-4-6-9(12)10(5-2)13-7-8(3)11/h10H,4-7H2,1-3H3. The molecule has 0 aromatic rings. The molecule has 0 amide bonds. The number of ketones is 2. The first-order valence-corrected chi connectivity index (χ1v) is 5.80. The largest absolute Gasteiger partial charge is 0.299 e. The second-order valence-corrected chi connectivity index (χ2v) is 4.32. The molecule has 0 heterocycles. The van der Waals surface area contributed by atoms with E-state index < -0.39 is 0 Å². The zero-order chi connectivity index (χ0) is 10.3. The average Bonchev–Trinajstić information content (AvgIpc) is 2.05. The Hall–Kier alpha value is -0.310. The van der Waals surface area contributed by atoms with E-state index in [-0.39, 0.29) is 16.8 Å². The van der Waals surface area contributed by atoms with Crippen LogP contribution in [0.1, 0.15) is 40.0 Å². The van der Waals surface area contributed by atoms with E-state index in [0.717, 1.165) is 12.8 Å². The van der Waals surface area contributed by atoms with Crippen molar-refractivity contribution in [1.82, 2.24) is 0 Å². The first-order valence-electron chi connectivity index (χ1n) is 4.75. The van der Waals surface area contributed by atoms with Crippen LogP contribution in [0.2, 0.25) is 0 Å². The van der Waals surface area contributed by atoms with Crippen molar-refractivity contribution in [3.63, 3.8) is 0 Å². The molecular weight excluding hydrogens is 184 g/mol. The summed E-state index contributed by atoms with van der Waals surface area (Å²) in [6.07, 6.45) is 2.37. The van der Waals surface area contributed by atoms with E-state index in [0.29, 0.717) is 12.2 Å². The second kappa shape index (κ2) is 7.13. The maximum atomic E-state index is 11.5. The molecule has 0 aromatic heterocycles. The quantitative estimate of drug-likeness (QED) is 0.636. The number of carbonyl (C=O) groups excluding carboxylic acids is 2. The minimum absolute atomic E-state index is 0.0313. The summed E-state index contributed by atoms with van der Waals surface area (Å²) in [5.74, 6) is 0.900. The lowest BCUT2D eigenvalue weighted by Crippen LogP contribution is -2.17. The van der Waals surface area contributed by atoms with Crippen LogP contribution in [-0.4, -0.2) is 22.6 Å². The number of Topliss-reactive ketones (excluding diaryl/α,β-unsaturated/α-hetero) is 2. The molecule has 0 bridgehead atoms. The third-order valence-electron chi connectivity index (χ3n) is 1.71. The topological polar surface area (TPSA) is 34.1 Å². The minimum Gasteiger partial charge on any atom is -0.299 e. The van der Waals surface area contributed by atoms with Crippen LogP contribution >= 0.6 is 11.8 Å². The Balaban J connectivity index is 3.87. The van der Waals surface area contributed by atoms with Crippen molar-refractivity contribution in [3.05, 3.63) is 0 Å². The lowest BCUT2D eigenvalue weighted by molar-refractivity contribution is -0.118. The average molecular weight is 202 g/mol. The van der Waals surface area contributed by atoms with Gasteiger partial charge in [-0.3, -0.25) is 9.59 Å². The van der Waals surface area contributed by atoms with Gasteiger partial charge in [0.2, 0.25) is 0 Å². The number of hydrogen-bond acceptors (Lipinski definition) is 3. The van der Waals surface area contributed by atoms with E-state index in [1.165, 1.54) is 11.8 Å². The molecule has 2 nitrogen and oxygen atoms in total. The maximum Gasteiger partial charge on any atom is 0.145 e. The van der Waals surface area contributed by atoms with Crippen LogP contribution in [0.25, 0.3) is 0 Å². The molecule has 0 aliphatic rings. The predicted octanol–water partition coefficient (Wildman–Crippen LogP) is 2.46. The molecule has 1 unspecified atom stereocenters. The van der Waals surface area contributed by atoms with Gasteiger partial charge in [0.15, 0.2) is 0 Å². The molecule has 0 saturated heterocycles. The van der Waals surface area contributed by atoms with Gasteiger partial charge in [0.25, 0.3) is 0 Å². The number of rotatable bonds is 7. The van der Waals surface area contributed by atoms with Gasteiger partial charge in [-0.2, -0.15) is 0 Å². The highest BCUT2D eigenvalue weighted by Crippen LogP contribution is 2.17. The van der Waals surface area contributed by atoms with Gasteiger partial charge in [-0.1, -0.05) is 13.8 Å². The third kappa shape index (κ3) is 5.86. The maximum absolute atomic E-state index is 11.5. The molecule has 0 saturated carbocycles. The Bertz CT molecular complexity index is 178. The van der Waals surface area contributed by atoms with E-state index in [1.54, 1.807) is 6.92 Å².